The van der Waals surface area contributed by atoms with Gasteiger partial charge in [-0.1, -0.05) is 32.8 Å². The van der Waals surface area contributed by atoms with E-state index in [1.807, 2.05) is 11.8 Å². The van der Waals surface area contributed by atoms with Gasteiger partial charge in [0.25, 0.3) is 0 Å². The summed E-state index contributed by atoms with van der Waals surface area (Å²) in [5, 5.41) is 0. The highest BCUT2D eigenvalue weighted by atomic mass is 32.2. The highest BCUT2D eigenvalue weighted by Crippen LogP contribution is 2.07. The molecule has 0 aliphatic heterocycles. The summed E-state index contributed by atoms with van der Waals surface area (Å²) in [6.45, 7) is 7.91. The van der Waals surface area contributed by atoms with Gasteiger partial charge < -0.3 is 4.74 Å². The Morgan fingerprint density at radius 3 is 2.60 bits per heavy atom. The molecule has 0 bridgehead atoms. The maximum absolute atomic E-state index is 11.0. The molecule has 0 saturated carbocycles. The van der Waals surface area contributed by atoms with Gasteiger partial charge in [-0.2, -0.15) is 11.8 Å². The first-order valence-corrected chi connectivity index (χ1v) is 6.74. The fraction of sp³-hybridized carbons (Fsp3) is 0.750. The van der Waals surface area contributed by atoms with Crippen LogP contribution in [0.25, 0.3) is 0 Å². The average Bonchev–Trinajstić information content (AvgIpc) is 2.21. The molecule has 0 rings (SSSR count). The lowest BCUT2D eigenvalue weighted by Crippen LogP contribution is -2.07. The predicted molar refractivity (Wildman–Crippen MR) is 67.2 cm³/mol. The molecule has 0 aromatic heterocycles. The van der Waals surface area contributed by atoms with Gasteiger partial charge in [0.1, 0.15) is 6.61 Å². The Morgan fingerprint density at radius 2 is 2.00 bits per heavy atom. The Morgan fingerprint density at radius 1 is 1.27 bits per heavy atom. The summed E-state index contributed by atoms with van der Waals surface area (Å²) in [6, 6.07) is 0. The molecular formula is C12H22O2S. The molecule has 0 unspecified atom stereocenters. The number of hydrogen-bond acceptors (Lipinski definition) is 3. The lowest BCUT2D eigenvalue weighted by molar-refractivity contribution is -0.138. The van der Waals surface area contributed by atoms with E-state index < -0.39 is 0 Å². The van der Waals surface area contributed by atoms with E-state index in [4.69, 9.17) is 4.74 Å². The molecule has 0 atom stereocenters. The first kappa shape index (κ1) is 14.6. The van der Waals surface area contributed by atoms with Crippen molar-refractivity contribution in [2.75, 3.05) is 18.1 Å². The standard InChI is InChI=1S/C12H22O2S/c1-4-5-6-7-9-15-10-8-14-12(13)11(2)3/h2,4-10H2,1,3H3. The smallest absolute Gasteiger partial charge is 0.333 e. The number of carbonyl (C=O) groups is 1. The Kier molecular flexibility index (Phi) is 9.79. The maximum Gasteiger partial charge on any atom is 0.333 e. The largest absolute Gasteiger partial charge is 0.461 e. The molecule has 0 aromatic rings. The van der Waals surface area contributed by atoms with Gasteiger partial charge in [-0.15, -0.1) is 0 Å². The zero-order valence-electron chi connectivity index (χ0n) is 9.88. The fourth-order valence-corrected chi connectivity index (χ4v) is 1.86. The van der Waals surface area contributed by atoms with Crippen molar-refractivity contribution in [2.45, 2.75) is 39.5 Å². The molecule has 2 nitrogen and oxygen atoms in total. The number of carbonyl (C=O) groups excluding carboxylic acids is 1. The first-order valence-electron chi connectivity index (χ1n) is 5.58. The molecule has 0 heterocycles. The summed E-state index contributed by atoms with van der Waals surface area (Å²) in [5.74, 6) is 1.79. The average molecular weight is 230 g/mol. The molecular weight excluding hydrogens is 208 g/mol. The van der Waals surface area contributed by atoms with E-state index in [9.17, 15) is 4.79 Å². The van der Waals surface area contributed by atoms with E-state index in [1.165, 1.54) is 31.4 Å². The van der Waals surface area contributed by atoms with E-state index >= 15 is 0 Å². The number of ether oxygens (including phenoxy) is 1. The third kappa shape index (κ3) is 9.85. The van der Waals surface area contributed by atoms with Crippen molar-refractivity contribution in [1.82, 2.24) is 0 Å². The zero-order valence-corrected chi connectivity index (χ0v) is 10.7. The van der Waals surface area contributed by atoms with Crippen LogP contribution in [0, 0.1) is 0 Å². The molecule has 0 aromatic carbocycles. The third-order valence-electron chi connectivity index (χ3n) is 1.95. The molecule has 15 heavy (non-hydrogen) atoms. The normalized spacial score (nSPS) is 10.0. The molecule has 0 amide bonds. The number of unbranched alkanes of at least 4 members (excludes halogenated alkanes) is 3. The number of thioether (sulfide) groups is 1. The summed E-state index contributed by atoms with van der Waals surface area (Å²) in [7, 11) is 0. The van der Waals surface area contributed by atoms with Crippen LogP contribution in [0.15, 0.2) is 12.2 Å². The minimum atomic E-state index is -0.276. The van der Waals surface area contributed by atoms with Gasteiger partial charge in [-0.25, -0.2) is 4.79 Å². The summed E-state index contributed by atoms with van der Waals surface area (Å²) >= 11 is 1.85. The van der Waals surface area contributed by atoms with Crippen LogP contribution in [0.4, 0.5) is 0 Å². The first-order chi connectivity index (χ1) is 7.18. The zero-order chi connectivity index (χ0) is 11.5. The molecule has 0 saturated heterocycles. The van der Waals surface area contributed by atoms with Crippen LogP contribution in [0.3, 0.4) is 0 Å². The van der Waals surface area contributed by atoms with E-state index in [-0.39, 0.29) is 5.97 Å². The molecule has 0 aliphatic carbocycles. The van der Waals surface area contributed by atoms with Gasteiger partial charge in [-0.3, -0.25) is 0 Å². The quantitative estimate of drug-likeness (QED) is 0.345. The molecule has 0 fully saturated rings. The highest BCUT2D eigenvalue weighted by molar-refractivity contribution is 7.99. The van der Waals surface area contributed by atoms with E-state index in [0.717, 1.165) is 5.75 Å². The summed E-state index contributed by atoms with van der Waals surface area (Å²) in [5.41, 5.74) is 0.475. The Labute approximate surface area is 97.5 Å². The van der Waals surface area contributed by atoms with Crippen LogP contribution in [-0.4, -0.2) is 24.1 Å². The van der Waals surface area contributed by atoms with E-state index in [2.05, 4.69) is 13.5 Å². The fourth-order valence-electron chi connectivity index (χ4n) is 1.05. The van der Waals surface area contributed by atoms with Crippen molar-refractivity contribution in [3.8, 4) is 0 Å². The van der Waals surface area contributed by atoms with E-state index in [1.54, 1.807) is 6.92 Å². The molecule has 88 valence electrons. The predicted octanol–water partition coefficient (Wildman–Crippen LogP) is 3.42. The van der Waals surface area contributed by atoms with Crippen LogP contribution in [0.2, 0.25) is 0 Å². The molecule has 0 aliphatic rings. The Balaban J connectivity index is 3.11. The van der Waals surface area contributed by atoms with Gasteiger partial charge in [0.15, 0.2) is 0 Å². The summed E-state index contributed by atoms with van der Waals surface area (Å²) < 4.78 is 4.97. The number of hydrogen-bond donors (Lipinski definition) is 0. The Bertz CT molecular complexity index is 190. The third-order valence-corrected chi connectivity index (χ3v) is 2.98. The second-order valence-electron chi connectivity index (χ2n) is 3.59. The SMILES string of the molecule is C=C(C)C(=O)OCCSCCCCCC. The van der Waals surface area contributed by atoms with Crippen LogP contribution in [0.1, 0.15) is 39.5 Å². The highest BCUT2D eigenvalue weighted by Gasteiger charge is 2.01. The molecule has 3 heteroatoms. The van der Waals surface area contributed by atoms with Gasteiger partial charge in [0.2, 0.25) is 0 Å². The minimum absolute atomic E-state index is 0.276. The lowest BCUT2D eigenvalue weighted by Gasteiger charge is -2.04. The lowest BCUT2D eigenvalue weighted by atomic mass is 10.2. The molecule has 0 spiro atoms. The van der Waals surface area contributed by atoms with Gasteiger partial charge in [0.05, 0.1) is 0 Å². The summed E-state index contributed by atoms with van der Waals surface area (Å²) in [6.07, 6.45) is 5.19. The topological polar surface area (TPSA) is 26.3 Å². The summed E-state index contributed by atoms with van der Waals surface area (Å²) in [4.78, 5) is 11.0. The van der Waals surface area contributed by atoms with Crippen molar-refractivity contribution in [2.24, 2.45) is 0 Å². The minimum Gasteiger partial charge on any atom is -0.461 e. The number of rotatable bonds is 9. The van der Waals surface area contributed by atoms with Crippen LogP contribution in [-0.2, 0) is 9.53 Å². The molecule has 0 N–H and O–H groups in total. The number of esters is 1. The second kappa shape index (κ2) is 10.1. The van der Waals surface area contributed by atoms with Crippen molar-refractivity contribution >= 4 is 17.7 Å². The van der Waals surface area contributed by atoms with Crippen molar-refractivity contribution < 1.29 is 9.53 Å². The second-order valence-corrected chi connectivity index (χ2v) is 4.81. The van der Waals surface area contributed by atoms with Crippen molar-refractivity contribution in [1.29, 1.82) is 0 Å². The molecule has 0 radical (unpaired) electrons. The maximum atomic E-state index is 11.0. The van der Waals surface area contributed by atoms with Gasteiger partial charge in [-0.05, 0) is 19.1 Å². The van der Waals surface area contributed by atoms with Crippen LogP contribution < -0.4 is 0 Å². The monoisotopic (exact) mass is 230 g/mol. The van der Waals surface area contributed by atoms with Gasteiger partial charge >= 0.3 is 5.97 Å². The van der Waals surface area contributed by atoms with Crippen LogP contribution in [0.5, 0.6) is 0 Å². The van der Waals surface area contributed by atoms with Gasteiger partial charge in [0, 0.05) is 11.3 Å². The Hall–Kier alpha value is -0.440. The van der Waals surface area contributed by atoms with Crippen molar-refractivity contribution in [3.63, 3.8) is 0 Å². The van der Waals surface area contributed by atoms with E-state index in [0.29, 0.717) is 12.2 Å². The van der Waals surface area contributed by atoms with Crippen molar-refractivity contribution in [3.05, 3.63) is 12.2 Å². The van der Waals surface area contributed by atoms with Crippen LogP contribution >= 0.6 is 11.8 Å².